The molecule has 0 saturated heterocycles. The Morgan fingerprint density at radius 3 is 2.37 bits per heavy atom. The van der Waals surface area contributed by atoms with Gasteiger partial charge in [-0.2, -0.15) is 0 Å². The van der Waals surface area contributed by atoms with Crippen molar-refractivity contribution in [3.63, 3.8) is 0 Å². The van der Waals surface area contributed by atoms with Crippen LogP contribution in [0.1, 0.15) is 32.8 Å². The van der Waals surface area contributed by atoms with E-state index in [0.717, 1.165) is 26.7 Å². The van der Waals surface area contributed by atoms with Crippen LogP contribution in [0.5, 0.6) is 0 Å². The second-order valence-electron chi connectivity index (χ2n) is 8.19. The molecule has 0 radical (unpaired) electrons. The molecule has 2 rings (SSSR count). The second-order valence-corrected chi connectivity index (χ2v) is 11.0. The molecule has 0 spiro atoms. The fraction of sp³-hybridized carbons (Fsp3) is 0.391. The highest BCUT2D eigenvalue weighted by Gasteiger charge is 2.31. The third-order valence-corrected chi connectivity index (χ3v) is 7.05. The molecule has 0 aromatic heterocycles. The van der Waals surface area contributed by atoms with Crippen molar-refractivity contribution in [2.24, 2.45) is 0 Å². The van der Waals surface area contributed by atoms with E-state index in [0.29, 0.717) is 6.42 Å². The minimum Gasteiger partial charge on any atom is -0.352 e. The Morgan fingerprint density at radius 2 is 1.80 bits per heavy atom. The zero-order chi connectivity index (χ0) is 26.3. The van der Waals surface area contributed by atoms with Gasteiger partial charge >= 0.3 is 0 Å². The van der Waals surface area contributed by atoms with Crippen LogP contribution >= 0.6 is 15.9 Å². The zero-order valence-corrected chi connectivity index (χ0v) is 22.4. The number of hydrogen-bond donors (Lipinski definition) is 1. The molecule has 0 aliphatic heterocycles. The predicted octanol–water partition coefficient (Wildman–Crippen LogP) is 3.46. The van der Waals surface area contributed by atoms with Gasteiger partial charge in [-0.25, -0.2) is 8.42 Å². The molecule has 12 heteroatoms. The average molecular weight is 569 g/mol. The molecule has 0 bridgehead atoms. The Morgan fingerprint density at radius 1 is 1.14 bits per heavy atom. The topological polar surface area (TPSA) is 130 Å². The number of carbonyl (C=O) groups excluding carboxylic acids is 2. The van der Waals surface area contributed by atoms with Gasteiger partial charge in [-0.15, -0.1) is 0 Å². The zero-order valence-electron chi connectivity index (χ0n) is 20.0. The fourth-order valence-electron chi connectivity index (χ4n) is 3.26. The van der Waals surface area contributed by atoms with Crippen molar-refractivity contribution in [3.05, 3.63) is 68.7 Å². The summed E-state index contributed by atoms with van der Waals surface area (Å²) in [7, 11) is -3.98. The minimum atomic E-state index is -3.98. The number of non-ortho nitro benzene ring substituents is 1. The standard InChI is InChI=1S/C23H29BrN4O6S/c1-5-16(2)25-23(30)17(3)26(14-18-8-6-9-19(24)12-18)22(29)15-27(35(4,33)34)20-10-7-11-21(13-20)28(31)32/h6-13,16-17H,5,14-15H2,1-4H3,(H,25,30)/t16-,17-/m1/s1. The van der Waals surface area contributed by atoms with Crippen LogP contribution in [-0.2, 0) is 26.2 Å². The molecule has 2 atom stereocenters. The van der Waals surface area contributed by atoms with Gasteiger partial charge in [0, 0.05) is 29.2 Å². The van der Waals surface area contributed by atoms with Gasteiger partial charge in [0.1, 0.15) is 12.6 Å². The van der Waals surface area contributed by atoms with Gasteiger partial charge in [-0.1, -0.05) is 41.1 Å². The van der Waals surface area contributed by atoms with E-state index in [4.69, 9.17) is 0 Å². The monoisotopic (exact) mass is 568 g/mol. The molecule has 0 unspecified atom stereocenters. The number of carbonyl (C=O) groups is 2. The molecule has 10 nitrogen and oxygen atoms in total. The third-order valence-electron chi connectivity index (χ3n) is 5.42. The summed E-state index contributed by atoms with van der Waals surface area (Å²) in [5.74, 6) is -1.00. The van der Waals surface area contributed by atoms with Crippen LogP contribution in [0.15, 0.2) is 53.0 Å². The van der Waals surface area contributed by atoms with Crippen LogP contribution in [0.4, 0.5) is 11.4 Å². The Hall–Kier alpha value is -2.99. The van der Waals surface area contributed by atoms with Gasteiger partial charge in [-0.05, 0) is 44.0 Å². The van der Waals surface area contributed by atoms with Crippen LogP contribution < -0.4 is 9.62 Å². The van der Waals surface area contributed by atoms with E-state index >= 15 is 0 Å². The van der Waals surface area contributed by atoms with Crippen LogP contribution in [0.25, 0.3) is 0 Å². The fourth-order valence-corrected chi connectivity index (χ4v) is 4.54. The summed E-state index contributed by atoms with van der Waals surface area (Å²) in [5, 5.41) is 14.0. The van der Waals surface area contributed by atoms with Gasteiger partial charge in [0.05, 0.1) is 16.9 Å². The Balaban J connectivity index is 2.43. The maximum Gasteiger partial charge on any atom is 0.271 e. The number of rotatable bonds is 11. The first-order valence-corrected chi connectivity index (χ1v) is 13.5. The van der Waals surface area contributed by atoms with Crippen molar-refractivity contribution in [1.29, 1.82) is 0 Å². The Kier molecular flexibility index (Phi) is 9.78. The van der Waals surface area contributed by atoms with Crippen molar-refractivity contribution in [2.45, 2.75) is 45.8 Å². The molecule has 2 aromatic rings. The lowest BCUT2D eigenvalue weighted by atomic mass is 10.1. The number of halogens is 1. The van der Waals surface area contributed by atoms with E-state index in [1.807, 2.05) is 19.9 Å². The first-order valence-electron chi connectivity index (χ1n) is 10.9. The first kappa shape index (κ1) is 28.2. The van der Waals surface area contributed by atoms with Crippen molar-refractivity contribution in [2.75, 3.05) is 17.1 Å². The number of nitro groups is 1. The second kappa shape index (κ2) is 12.1. The molecule has 0 fully saturated rings. The summed E-state index contributed by atoms with van der Waals surface area (Å²) in [6.45, 7) is 4.77. The van der Waals surface area contributed by atoms with Gasteiger partial charge in [0.2, 0.25) is 21.8 Å². The SMILES string of the molecule is CC[C@@H](C)NC(=O)[C@@H](C)N(Cc1cccc(Br)c1)C(=O)CN(c1cccc([N+](=O)[O-])c1)S(C)(=O)=O. The summed E-state index contributed by atoms with van der Waals surface area (Å²) >= 11 is 3.39. The van der Waals surface area contributed by atoms with Gasteiger partial charge in [0.25, 0.3) is 5.69 Å². The molecule has 190 valence electrons. The number of anilines is 1. The number of benzene rings is 2. The van der Waals surface area contributed by atoms with E-state index in [2.05, 4.69) is 21.2 Å². The normalized spacial score (nSPS) is 12.9. The van der Waals surface area contributed by atoms with E-state index in [1.54, 1.807) is 25.1 Å². The first-order chi connectivity index (χ1) is 16.3. The number of nitro benzene ring substituents is 1. The third kappa shape index (κ3) is 8.03. The number of sulfonamides is 1. The van der Waals surface area contributed by atoms with Crippen molar-refractivity contribution in [1.82, 2.24) is 10.2 Å². The van der Waals surface area contributed by atoms with Crippen molar-refractivity contribution >= 4 is 49.1 Å². The van der Waals surface area contributed by atoms with Crippen molar-refractivity contribution < 1.29 is 22.9 Å². The maximum atomic E-state index is 13.5. The molecule has 0 saturated carbocycles. The summed E-state index contributed by atoms with van der Waals surface area (Å²) in [5.41, 5.74) is 0.405. The lowest BCUT2D eigenvalue weighted by Crippen LogP contribution is -2.52. The highest BCUT2D eigenvalue weighted by atomic mass is 79.9. The lowest BCUT2D eigenvalue weighted by molar-refractivity contribution is -0.384. The summed E-state index contributed by atoms with van der Waals surface area (Å²) in [6.07, 6.45) is 1.61. The smallest absolute Gasteiger partial charge is 0.271 e. The molecular formula is C23H29BrN4O6S. The van der Waals surface area contributed by atoms with Crippen LogP contribution in [0.2, 0.25) is 0 Å². The highest BCUT2D eigenvalue weighted by molar-refractivity contribution is 9.10. The molecule has 0 heterocycles. The quantitative estimate of drug-likeness (QED) is 0.326. The van der Waals surface area contributed by atoms with Crippen LogP contribution in [0, 0.1) is 10.1 Å². The molecule has 1 N–H and O–H groups in total. The van der Waals surface area contributed by atoms with Gasteiger partial charge in [0.15, 0.2) is 0 Å². The van der Waals surface area contributed by atoms with Crippen molar-refractivity contribution in [3.8, 4) is 0 Å². The Labute approximate surface area is 213 Å². The number of hydrogen-bond acceptors (Lipinski definition) is 6. The molecule has 2 amide bonds. The molecule has 0 aliphatic carbocycles. The number of nitrogens with one attached hydrogen (secondary N) is 1. The maximum absolute atomic E-state index is 13.5. The van der Waals surface area contributed by atoms with Crippen LogP contribution in [-0.4, -0.2) is 54.9 Å². The summed E-state index contributed by atoms with van der Waals surface area (Å²) in [6, 6.07) is 11.2. The van der Waals surface area contributed by atoms with Crippen LogP contribution in [0.3, 0.4) is 0 Å². The van der Waals surface area contributed by atoms with E-state index < -0.39 is 33.4 Å². The van der Waals surface area contributed by atoms with Gasteiger partial charge in [-0.3, -0.25) is 24.0 Å². The Bertz CT molecular complexity index is 1190. The summed E-state index contributed by atoms with van der Waals surface area (Å²) in [4.78, 5) is 38.2. The molecular weight excluding hydrogens is 540 g/mol. The lowest BCUT2D eigenvalue weighted by Gasteiger charge is -2.32. The molecule has 35 heavy (non-hydrogen) atoms. The molecule has 2 aromatic carbocycles. The number of nitrogens with zero attached hydrogens (tertiary/aromatic N) is 3. The summed E-state index contributed by atoms with van der Waals surface area (Å²) < 4.78 is 26.7. The van der Waals surface area contributed by atoms with Gasteiger partial charge < -0.3 is 10.2 Å². The highest BCUT2D eigenvalue weighted by Crippen LogP contribution is 2.24. The minimum absolute atomic E-state index is 0.0193. The predicted molar refractivity (Wildman–Crippen MR) is 137 cm³/mol. The largest absolute Gasteiger partial charge is 0.352 e. The van der Waals surface area contributed by atoms with E-state index in [1.165, 1.54) is 23.1 Å². The van der Waals surface area contributed by atoms with E-state index in [9.17, 15) is 28.1 Å². The average Bonchev–Trinajstić information content (AvgIpc) is 2.79. The number of amides is 2. The molecule has 0 aliphatic rings. The van der Waals surface area contributed by atoms with E-state index in [-0.39, 0.29) is 29.9 Å².